The summed E-state index contributed by atoms with van der Waals surface area (Å²) in [6, 6.07) is 3.35. The van der Waals surface area contributed by atoms with Crippen LogP contribution in [0, 0.1) is 0 Å². The highest BCUT2D eigenvalue weighted by molar-refractivity contribution is 5.91. The van der Waals surface area contributed by atoms with Gasteiger partial charge in [0.05, 0.1) is 12.1 Å². The van der Waals surface area contributed by atoms with Gasteiger partial charge in [0.2, 0.25) is 0 Å². The Kier molecular flexibility index (Phi) is 4.09. The maximum Gasteiger partial charge on any atom is 0.271 e. The molecular weight excluding hydrogens is 232 g/mol. The molecule has 0 spiro atoms. The zero-order valence-electron chi connectivity index (χ0n) is 10.4. The van der Waals surface area contributed by atoms with Crippen LogP contribution in [0.25, 0.3) is 0 Å². The molecule has 18 heavy (non-hydrogen) atoms. The molecule has 0 unspecified atom stereocenters. The smallest absolute Gasteiger partial charge is 0.271 e. The Labute approximate surface area is 106 Å². The number of anilines is 1. The van der Waals surface area contributed by atoms with E-state index >= 15 is 0 Å². The highest BCUT2D eigenvalue weighted by Gasteiger charge is 2.23. The van der Waals surface area contributed by atoms with Crippen molar-refractivity contribution in [3.63, 3.8) is 0 Å². The van der Waals surface area contributed by atoms with Gasteiger partial charge in [-0.3, -0.25) is 4.79 Å². The van der Waals surface area contributed by atoms with Crippen molar-refractivity contribution in [1.82, 2.24) is 15.5 Å². The quantitative estimate of drug-likeness (QED) is 0.729. The van der Waals surface area contributed by atoms with Gasteiger partial charge < -0.3 is 15.7 Å². The number of aliphatic hydroxyl groups excluding tert-OH is 1. The molecule has 1 amide bonds. The Balaban J connectivity index is 1.99. The van der Waals surface area contributed by atoms with Crippen LogP contribution in [0.1, 0.15) is 36.2 Å². The van der Waals surface area contributed by atoms with E-state index < -0.39 is 0 Å². The summed E-state index contributed by atoms with van der Waals surface area (Å²) in [5.41, 5.74) is 0.284. The number of carbonyl (C=O) groups excluding carboxylic acids is 1. The molecule has 1 aromatic rings. The molecule has 1 aliphatic rings. The van der Waals surface area contributed by atoms with Crippen molar-refractivity contribution in [2.24, 2.45) is 0 Å². The van der Waals surface area contributed by atoms with Crippen LogP contribution in [0.3, 0.4) is 0 Å². The lowest BCUT2D eigenvalue weighted by atomic mass is 9.93. The Bertz CT molecular complexity index is 407. The fourth-order valence-corrected chi connectivity index (χ4v) is 2.13. The van der Waals surface area contributed by atoms with Gasteiger partial charge in [-0.15, -0.1) is 10.2 Å². The lowest BCUT2D eigenvalue weighted by molar-refractivity contribution is 0.0957. The summed E-state index contributed by atoms with van der Waals surface area (Å²) in [6.07, 6.45) is 3.60. The Morgan fingerprint density at radius 2 is 2.11 bits per heavy atom. The number of nitrogens with one attached hydrogen (secondary N) is 2. The molecule has 1 heterocycles. The molecule has 2 atom stereocenters. The van der Waals surface area contributed by atoms with Crippen molar-refractivity contribution in [3.05, 3.63) is 17.8 Å². The summed E-state index contributed by atoms with van der Waals surface area (Å²) in [4.78, 5) is 11.3. The van der Waals surface area contributed by atoms with Gasteiger partial charge in [-0.1, -0.05) is 12.8 Å². The summed E-state index contributed by atoms with van der Waals surface area (Å²) in [7, 11) is 1.55. The number of hydrogen-bond donors (Lipinski definition) is 3. The van der Waals surface area contributed by atoms with Gasteiger partial charge >= 0.3 is 0 Å². The molecule has 98 valence electrons. The Morgan fingerprint density at radius 1 is 1.33 bits per heavy atom. The van der Waals surface area contributed by atoms with Crippen LogP contribution < -0.4 is 10.6 Å². The summed E-state index contributed by atoms with van der Waals surface area (Å²) in [5.74, 6) is 0.334. The van der Waals surface area contributed by atoms with Crippen LogP contribution in [-0.2, 0) is 0 Å². The molecule has 1 fully saturated rings. The molecule has 2 rings (SSSR count). The molecule has 0 aliphatic heterocycles. The predicted octanol–water partition coefficient (Wildman–Crippen LogP) is 0.552. The summed E-state index contributed by atoms with van der Waals surface area (Å²) in [5, 5.41) is 23.3. The topological polar surface area (TPSA) is 87.1 Å². The number of aromatic nitrogens is 2. The third-order valence-electron chi connectivity index (χ3n) is 3.19. The molecule has 1 saturated carbocycles. The van der Waals surface area contributed by atoms with E-state index in [1.54, 1.807) is 19.2 Å². The number of amides is 1. The average molecular weight is 250 g/mol. The van der Waals surface area contributed by atoms with Crippen molar-refractivity contribution in [2.75, 3.05) is 12.4 Å². The van der Waals surface area contributed by atoms with E-state index in [9.17, 15) is 9.90 Å². The molecule has 3 N–H and O–H groups in total. The number of hydrogen-bond acceptors (Lipinski definition) is 5. The van der Waals surface area contributed by atoms with Gasteiger partial charge in [-0.25, -0.2) is 0 Å². The van der Waals surface area contributed by atoms with Crippen molar-refractivity contribution in [2.45, 2.75) is 37.8 Å². The van der Waals surface area contributed by atoms with Crippen molar-refractivity contribution in [1.29, 1.82) is 0 Å². The zero-order chi connectivity index (χ0) is 13.0. The van der Waals surface area contributed by atoms with Crippen LogP contribution >= 0.6 is 0 Å². The summed E-state index contributed by atoms with van der Waals surface area (Å²) < 4.78 is 0. The molecule has 0 saturated heterocycles. The Hall–Kier alpha value is -1.69. The average Bonchev–Trinajstić information content (AvgIpc) is 2.41. The van der Waals surface area contributed by atoms with Gasteiger partial charge in [-0.2, -0.15) is 0 Å². The zero-order valence-corrected chi connectivity index (χ0v) is 10.4. The van der Waals surface area contributed by atoms with Gasteiger partial charge in [0.15, 0.2) is 5.69 Å². The van der Waals surface area contributed by atoms with E-state index in [0.29, 0.717) is 5.82 Å². The molecule has 0 radical (unpaired) electrons. The van der Waals surface area contributed by atoms with Crippen LogP contribution in [-0.4, -0.2) is 40.4 Å². The van der Waals surface area contributed by atoms with Gasteiger partial charge in [0.25, 0.3) is 5.91 Å². The first-order valence-electron chi connectivity index (χ1n) is 6.21. The first-order chi connectivity index (χ1) is 8.70. The van der Waals surface area contributed by atoms with Crippen LogP contribution in [0.5, 0.6) is 0 Å². The van der Waals surface area contributed by atoms with E-state index in [2.05, 4.69) is 20.8 Å². The molecule has 6 nitrogen and oxygen atoms in total. The normalized spacial score (nSPS) is 23.4. The lowest BCUT2D eigenvalue weighted by Gasteiger charge is -2.28. The van der Waals surface area contributed by atoms with Gasteiger partial charge in [-0.05, 0) is 25.0 Å². The molecule has 1 aromatic heterocycles. The van der Waals surface area contributed by atoms with Crippen LogP contribution in [0.15, 0.2) is 12.1 Å². The third kappa shape index (κ3) is 2.95. The fraction of sp³-hybridized carbons (Fsp3) is 0.583. The Morgan fingerprint density at radius 3 is 2.72 bits per heavy atom. The predicted molar refractivity (Wildman–Crippen MR) is 67.3 cm³/mol. The van der Waals surface area contributed by atoms with E-state index in [0.717, 1.165) is 25.7 Å². The van der Waals surface area contributed by atoms with E-state index in [1.807, 2.05) is 0 Å². The highest BCUT2D eigenvalue weighted by Crippen LogP contribution is 2.21. The maximum absolute atomic E-state index is 11.3. The van der Waals surface area contributed by atoms with E-state index in [1.165, 1.54) is 0 Å². The fourth-order valence-electron chi connectivity index (χ4n) is 2.13. The first-order valence-corrected chi connectivity index (χ1v) is 6.21. The number of aliphatic hydroxyl groups is 1. The highest BCUT2D eigenvalue weighted by atomic mass is 16.3. The van der Waals surface area contributed by atoms with Crippen LogP contribution in [0.2, 0.25) is 0 Å². The summed E-state index contributed by atoms with van der Waals surface area (Å²) in [6.45, 7) is 0. The lowest BCUT2D eigenvalue weighted by Crippen LogP contribution is -2.36. The van der Waals surface area contributed by atoms with E-state index in [-0.39, 0.29) is 23.7 Å². The second kappa shape index (κ2) is 5.77. The van der Waals surface area contributed by atoms with Gasteiger partial charge in [0.1, 0.15) is 5.82 Å². The molecular formula is C12H18N4O2. The largest absolute Gasteiger partial charge is 0.391 e. The monoisotopic (exact) mass is 250 g/mol. The van der Waals surface area contributed by atoms with Crippen molar-refractivity contribution >= 4 is 11.7 Å². The second-order valence-electron chi connectivity index (χ2n) is 4.49. The van der Waals surface area contributed by atoms with Crippen molar-refractivity contribution in [3.8, 4) is 0 Å². The van der Waals surface area contributed by atoms with Crippen LogP contribution in [0.4, 0.5) is 5.82 Å². The molecule has 0 bridgehead atoms. The van der Waals surface area contributed by atoms with Crippen molar-refractivity contribution < 1.29 is 9.90 Å². The molecule has 1 aliphatic carbocycles. The number of rotatable bonds is 3. The minimum atomic E-state index is -0.334. The number of nitrogens with zero attached hydrogens (tertiary/aromatic N) is 2. The minimum absolute atomic E-state index is 0.0268. The standard InChI is InChI=1S/C12H18N4O2/c1-13-12(18)9-6-7-11(16-15-9)14-8-4-2-3-5-10(8)17/h6-8,10,17H,2-5H2,1H3,(H,13,18)(H,14,16)/t8-,10-/m0/s1. The third-order valence-corrected chi connectivity index (χ3v) is 3.19. The second-order valence-corrected chi connectivity index (χ2v) is 4.49. The SMILES string of the molecule is CNC(=O)c1ccc(N[C@H]2CCCC[C@@H]2O)nn1. The molecule has 0 aromatic carbocycles. The molecule has 6 heteroatoms. The minimum Gasteiger partial charge on any atom is -0.391 e. The number of carbonyl (C=O) groups is 1. The maximum atomic E-state index is 11.3. The first kappa shape index (κ1) is 12.8. The summed E-state index contributed by atoms with van der Waals surface area (Å²) >= 11 is 0. The van der Waals surface area contributed by atoms with E-state index in [4.69, 9.17) is 0 Å². The van der Waals surface area contributed by atoms with Gasteiger partial charge in [0, 0.05) is 7.05 Å².